The number of aliphatic hydroxyl groups excluding tert-OH is 1. The van der Waals surface area contributed by atoms with Crippen molar-refractivity contribution in [2.45, 2.75) is 19.3 Å². The highest BCUT2D eigenvalue weighted by atomic mass is 16.2. The van der Waals surface area contributed by atoms with Crippen molar-refractivity contribution in [2.75, 3.05) is 6.61 Å². The molecule has 0 spiro atoms. The number of rotatable bonds is 5. The molecule has 0 fully saturated rings. The van der Waals surface area contributed by atoms with Gasteiger partial charge in [-0.1, -0.05) is 12.2 Å². The number of hydrogen-bond donors (Lipinski definition) is 1. The second-order valence-corrected chi connectivity index (χ2v) is 1.75. The number of unbranched alkanes of at least 4 members (excludes halogenated alkanes) is 2. The maximum Gasteiger partial charge on any atom is 0.120 e. The lowest BCUT2D eigenvalue weighted by Gasteiger charge is -1.84. The summed E-state index contributed by atoms with van der Waals surface area (Å²) in [5, 5.41) is 8.27. The molecule has 0 aromatic rings. The minimum Gasteiger partial charge on any atom is -0.392 e. The molecule has 0 amide bonds. The molecule has 0 heterocycles. The summed E-state index contributed by atoms with van der Waals surface area (Å²) in [6.07, 6.45) is 6.87. The van der Waals surface area contributed by atoms with Gasteiger partial charge in [-0.05, 0) is 12.8 Å². The predicted octanol–water partition coefficient (Wildman–Crippen LogP) is 0.904. The van der Waals surface area contributed by atoms with Crippen LogP contribution in [0.1, 0.15) is 19.3 Å². The van der Waals surface area contributed by atoms with Gasteiger partial charge in [0.05, 0.1) is 6.61 Å². The van der Waals surface area contributed by atoms with Crippen molar-refractivity contribution < 1.29 is 9.90 Å². The molecule has 0 aliphatic rings. The van der Waals surface area contributed by atoms with E-state index in [2.05, 4.69) is 0 Å². The lowest BCUT2D eigenvalue weighted by molar-refractivity contribution is -0.107. The second kappa shape index (κ2) is 7.37. The summed E-state index contributed by atoms with van der Waals surface area (Å²) in [5.41, 5.74) is 0. The Balaban J connectivity index is 2.90. The highest BCUT2D eigenvalue weighted by molar-refractivity contribution is 5.48. The van der Waals surface area contributed by atoms with Gasteiger partial charge in [0.2, 0.25) is 0 Å². The largest absolute Gasteiger partial charge is 0.392 e. The number of aliphatic hydroxyl groups is 1. The van der Waals surface area contributed by atoms with Gasteiger partial charge in [0.25, 0.3) is 0 Å². The third-order valence-corrected chi connectivity index (χ3v) is 0.965. The Morgan fingerprint density at radius 1 is 1.22 bits per heavy atom. The van der Waals surface area contributed by atoms with Crippen LogP contribution in [0, 0.1) is 0 Å². The first-order valence-corrected chi connectivity index (χ1v) is 3.11. The lowest BCUT2D eigenvalue weighted by atomic mass is 10.2. The molecule has 0 rings (SSSR count). The number of carbonyl (C=O) groups excluding carboxylic acids is 1. The van der Waals surface area contributed by atoms with Gasteiger partial charge in [-0.3, -0.25) is 0 Å². The van der Waals surface area contributed by atoms with Crippen molar-refractivity contribution in [2.24, 2.45) is 0 Å². The monoisotopic (exact) mass is 128 g/mol. The van der Waals surface area contributed by atoms with E-state index in [0.29, 0.717) is 6.42 Å². The predicted molar refractivity (Wildman–Crippen MR) is 36.1 cm³/mol. The van der Waals surface area contributed by atoms with Gasteiger partial charge >= 0.3 is 0 Å². The number of allylic oxidation sites excluding steroid dienone is 1. The molecule has 9 heavy (non-hydrogen) atoms. The minimum absolute atomic E-state index is 0.0983. The summed E-state index contributed by atoms with van der Waals surface area (Å²) in [6.45, 7) is 0.0983. The molecule has 0 aromatic heterocycles. The number of aldehydes is 1. The number of hydrogen-bond acceptors (Lipinski definition) is 2. The molecule has 0 aliphatic heterocycles. The topological polar surface area (TPSA) is 37.3 Å². The molecule has 2 heteroatoms. The molecule has 0 radical (unpaired) electrons. The quantitative estimate of drug-likeness (QED) is 0.339. The van der Waals surface area contributed by atoms with E-state index in [1.807, 2.05) is 6.08 Å². The smallest absolute Gasteiger partial charge is 0.120 e. The van der Waals surface area contributed by atoms with Crippen LogP contribution in [0.2, 0.25) is 0 Å². The molecular weight excluding hydrogens is 116 g/mol. The average molecular weight is 128 g/mol. The van der Waals surface area contributed by atoms with Crippen LogP contribution in [-0.2, 0) is 4.79 Å². The zero-order valence-corrected chi connectivity index (χ0v) is 5.42. The molecule has 0 atom stereocenters. The zero-order chi connectivity index (χ0) is 6.95. The Bertz CT molecular complexity index is 86.9. The van der Waals surface area contributed by atoms with Crippen molar-refractivity contribution in [1.82, 2.24) is 0 Å². The molecular formula is C7H12O2. The van der Waals surface area contributed by atoms with Crippen molar-refractivity contribution in [3.8, 4) is 0 Å². The minimum atomic E-state index is 0.0983. The Labute approximate surface area is 55.2 Å². The van der Waals surface area contributed by atoms with E-state index < -0.39 is 0 Å². The molecule has 0 aromatic carbocycles. The normalized spacial score (nSPS) is 10.3. The third-order valence-electron chi connectivity index (χ3n) is 0.965. The van der Waals surface area contributed by atoms with Crippen molar-refractivity contribution in [1.29, 1.82) is 0 Å². The summed E-state index contributed by atoms with van der Waals surface area (Å²) >= 11 is 0. The van der Waals surface area contributed by atoms with Gasteiger partial charge in [0.15, 0.2) is 0 Å². The summed E-state index contributed by atoms with van der Waals surface area (Å²) < 4.78 is 0. The van der Waals surface area contributed by atoms with E-state index in [1.165, 1.54) is 0 Å². The van der Waals surface area contributed by atoms with Gasteiger partial charge in [0.1, 0.15) is 6.29 Å². The summed E-state index contributed by atoms with van der Waals surface area (Å²) in [6, 6.07) is 0. The Morgan fingerprint density at radius 3 is 2.56 bits per heavy atom. The van der Waals surface area contributed by atoms with Crippen molar-refractivity contribution >= 4 is 6.29 Å². The molecule has 1 N–H and O–H groups in total. The Hall–Kier alpha value is -0.630. The Morgan fingerprint density at radius 2 is 2.00 bits per heavy atom. The lowest BCUT2D eigenvalue weighted by Crippen LogP contribution is -1.75. The van der Waals surface area contributed by atoms with E-state index >= 15 is 0 Å². The zero-order valence-electron chi connectivity index (χ0n) is 5.42. The average Bonchev–Trinajstić information content (AvgIpc) is 1.89. The van der Waals surface area contributed by atoms with Crippen molar-refractivity contribution in [3.63, 3.8) is 0 Å². The van der Waals surface area contributed by atoms with Crippen LogP contribution >= 0.6 is 0 Å². The van der Waals surface area contributed by atoms with Crippen LogP contribution < -0.4 is 0 Å². The van der Waals surface area contributed by atoms with E-state index in [1.54, 1.807) is 6.08 Å². The molecule has 52 valence electrons. The van der Waals surface area contributed by atoms with Crippen LogP contribution in [0.4, 0.5) is 0 Å². The maximum atomic E-state index is 9.76. The van der Waals surface area contributed by atoms with E-state index in [0.717, 1.165) is 19.1 Å². The fraction of sp³-hybridized carbons (Fsp3) is 0.571. The third kappa shape index (κ3) is 7.37. The van der Waals surface area contributed by atoms with Gasteiger partial charge in [-0.25, -0.2) is 0 Å². The molecule has 0 unspecified atom stereocenters. The summed E-state index contributed by atoms with van der Waals surface area (Å²) in [4.78, 5) is 9.76. The van der Waals surface area contributed by atoms with Crippen LogP contribution in [0.5, 0.6) is 0 Å². The molecule has 2 nitrogen and oxygen atoms in total. The van der Waals surface area contributed by atoms with E-state index in [-0.39, 0.29) is 6.61 Å². The van der Waals surface area contributed by atoms with Gasteiger partial charge in [-0.2, -0.15) is 0 Å². The van der Waals surface area contributed by atoms with Gasteiger partial charge in [-0.15, -0.1) is 0 Å². The van der Waals surface area contributed by atoms with Crippen LogP contribution in [0.15, 0.2) is 12.2 Å². The van der Waals surface area contributed by atoms with Crippen LogP contribution in [-0.4, -0.2) is 18.0 Å². The summed E-state index contributed by atoms with van der Waals surface area (Å²) in [5.74, 6) is 0. The first-order valence-electron chi connectivity index (χ1n) is 3.11. The van der Waals surface area contributed by atoms with Crippen LogP contribution in [0.3, 0.4) is 0 Å². The SMILES string of the molecule is O=CCCC/C=C\CO. The van der Waals surface area contributed by atoms with Crippen molar-refractivity contribution in [3.05, 3.63) is 12.2 Å². The fourth-order valence-electron chi connectivity index (χ4n) is 0.511. The van der Waals surface area contributed by atoms with E-state index in [9.17, 15) is 4.79 Å². The highest BCUT2D eigenvalue weighted by Crippen LogP contribution is 1.92. The standard InChI is InChI=1S/C7H12O2/c8-6-4-2-1-3-5-7-9/h2,4,7-8H,1,3,5-6H2/b4-2-. The molecule has 0 bridgehead atoms. The van der Waals surface area contributed by atoms with E-state index in [4.69, 9.17) is 5.11 Å². The maximum absolute atomic E-state index is 9.76. The Kier molecular flexibility index (Phi) is 6.85. The van der Waals surface area contributed by atoms with Crippen LogP contribution in [0.25, 0.3) is 0 Å². The second-order valence-electron chi connectivity index (χ2n) is 1.75. The first-order chi connectivity index (χ1) is 4.41. The molecule has 0 saturated heterocycles. The first kappa shape index (κ1) is 8.37. The molecule has 0 saturated carbocycles. The molecule has 0 aliphatic carbocycles. The highest BCUT2D eigenvalue weighted by Gasteiger charge is 1.79. The fourth-order valence-corrected chi connectivity index (χ4v) is 0.511. The summed E-state index contributed by atoms with van der Waals surface area (Å²) in [7, 11) is 0. The van der Waals surface area contributed by atoms with Gasteiger partial charge < -0.3 is 9.90 Å². The van der Waals surface area contributed by atoms with Gasteiger partial charge in [0, 0.05) is 6.42 Å². The number of carbonyl (C=O) groups is 1.